The Morgan fingerprint density at radius 3 is 2.06 bits per heavy atom. The minimum atomic E-state index is 0.273. The summed E-state index contributed by atoms with van der Waals surface area (Å²) in [4.78, 5) is 14.1. The highest BCUT2D eigenvalue weighted by Crippen LogP contribution is 2.57. The second-order valence-corrected chi connectivity index (χ2v) is 6.55. The SMILES string of the molecule is O=C1CNCN1C12CC3CC(CC(C3)C1)C2. The van der Waals surface area contributed by atoms with Crippen LogP contribution in [0.25, 0.3) is 0 Å². The number of carbonyl (C=O) groups excluding carboxylic acids is 1. The van der Waals surface area contributed by atoms with Crippen LogP contribution in [0.2, 0.25) is 0 Å². The molecule has 1 heterocycles. The average molecular weight is 220 g/mol. The molecular formula is C13H20N2O. The molecule has 5 fully saturated rings. The molecule has 4 bridgehead atoms. The molecule has 0 unspecified atom stereocenters. The summed E-state index contributed by atoms with van der Waals surface area (Å²) in [6, 6.07) is 0. The number of hydrogen-bond acceptors (Lipinski definition) is 2. The van der Waals surface area contributed by atoms with Gasteiger partial charge in [-0.1, -0.05) is 0 Å². The van der Waals surface area contributed by atoms with Gasteiger partial charge in [0.2, 0.25) is 5.91 Å². The standard InChI is InChI=1S/C13H20N2O/c16-12-7-14-8-15(12)13-4-9-1-10(5-13)3-11(2-9)6-13/h9-11,14H,1-8H2. The quantitative estimate of drug-likeness (QED) is 0.723. The Bertz CT molecular complexity index is 304. The van der Waals surface area contributed by atoms with Gasteiger partial charge in [-0.2, -0.15) is 0 Å². The molecule has 0 atom stereocenters. The molecule has 0 aromatic carbocycles. The van der Waals surface area contributed by atoms with Gasteiger partial charge in [-0.05, 0) is 56.3 Å². The molecule has 1 amide bonds. The summed E-state index contributed by atoms with van der Waals surface area (Å²) in [5.41, 5.74) is 0.273. The molecule has 88 valence electrons. The van der Waals surface area contributed by atoms with E-state index < -0.39 is 0 Å². The molecule has 1 N–H and O–H groups in total. The largest absolute Gasteiger partial charge is 0.323 e. The van der Waals surface area contributed by atoms with Gasteiger partial charge in [0.1, 0.15) is 0 Å². The summed E-state index contributed by atoms with van der Waals surface area (Å²) < 4.78 is 0. The second kappa shape index (κ2) is 3.00. The van der Waals surface area contributed by atoms with Crippen LogP contribution in [-0.2, 0) is 4.79 Å². The molecule has 0 spiro atoms. The van der Waals surface area contributed by atoms with Gasteiger partial charge in [-0.15, -0.1) is 0 Å². The van der Waals surface area contributed by atoms with Crippen molar-refractivity contribution in [3.05, 3.63) is 0 Å². The van der Waals surface area contributed by atoms with Gasteiger partial charge in [0.15, 0.2) is 0 Å². The minimum Gasteiger partial charge on any atom is -0.323 e. The fraction of sp³-hybridized carbons (Fsp3) is 0.923. The zero-order valence-electron chi connectivity index (χ0n) is 9.74. The van der Waals surface area contributed by atoms with E-state index in [2.05, 4.69) is 10.2 Å². The molecule has 1 saturated heterocycles. The third-order valence-corrected chi connectivity index (χ3v) is 5.43. The zero-order chi connectivity index (χ0) is 10.8. The van der Waals surface area contributed by atoms with Crippen LogP contribution in [0.5, 0.6) is 0 Å². The smallest absolute Gasteiger partial charge is 0.238 e. The van der Waals surface area contributed by atoms with Crippen LogP contribution in [0, 0.1) is 17.8 Å². The number of nitrogens with zero attached hydrogens (tertiary/aromatic N) is 1. The van der Waals surface area contributed by atoms with Crippen LogP contribution < -0.4 is 5.32 Å². The molecule has 1 aliphatic heterocycles. The molecule has 3 heteroatoms. The lowest BCUT2D eigenvalue weighted by molar-refractivity contribution is -0.144. The van der Waals surface area contributed by atoms with E-state index in [-0.39, 0.29) is 5.54 Å². The first-order valence-electron chi connectivity index (χ1n) is 6.76. The van der Waals surface area contributed by atoms with Crippen molar-refractivity contribution in [3.63, 3.8) is 0 Å². The lowest BCUT2D eigenvalue weighted by atomic mass is 9.52. The summed E-state index contributed by atoms with van der Waals surface area (Å²) >= 11 is 0. The first-order valence-corrected chi connectivity index (χ1v) is 6.76. The van der Waals surface area contributed by atoms with Gasteiger partial charge < -0.3 is 4.90 Å². The predicted molar refractivity (Wildman–Crippen MR) is 60.6 cm³/mol. The Morgan fingerprint density at radius 2 is 1.62 bits per heavy atom. The fourth-order valence-electron chi connectivity index (χ4n) is 5.29. The van der Waals surface area contributed by atoms with Gasteiger partial charge in [0.25, 0.3) is 0 Å². The molecule has 4 saturated carbocycles. The minimum absolute atomic E-state index is 0.273. The van der Waals surface area contributed by atoms with E-state index in [0.29, 0.717) is 12.5 Å². The molecule has 5 aliphatic rings. The highest BCUT2D eigenvalue weighted by Gasteiger charge is 2.55. The van der Waals surface area contributed by atoms with E-state index in [9.17, 15) is 4.79 Å². The summed E-state index contributed by atoms with van der Waals surface area (Å²) in [6.07, 6.45) is 8.25. The van der Waals surface area contributed by atoms with Crippen LogP contribution in [0.4, 0.5) is 0 Å². The number of rotatable bonds is 1. The molecule has 0 aromatic heterocycles. The number of carbonyl (C=O) groups is 1. The van der Waals surface area contributed by atoms with Crippen LogP contribution in [0.15, 0.2) is 0 Å². The maximum atomic E-state index is 12.0. The van der Waals surface area contributed by atoms with Crippen LogP contribution >= 0.6 is 0 Å². The second-order valence-electron chi connectivity index (χ2n) is 6.55. The molecule has 0 radical (unpaired) electrons. The average Bonchev–Trinajstić information content (AvgIpc) is 2.62. The highest BCUT2D eigenvalue weighted by molar-refractivity contribution is 5.81. The van der Waals surface area contributed by atoms with Crippen molar-refractivity contribution in [2.75, 3.05) is 13.2 Å². The van der Waals surface area contributed by atoms with Gasteiger partial charge >= 0.3 is 0 Å². The molecule has 0 aromatic rings. The third kappa shape index (κ3) is 1.15. The summed E-state index contributed by atoms with van der Waals surface area (Å²) in [5, 5.41) is 3.22. The Balaban J connectivity index is 1.68. The van der Waals surface area contributed by atoms with Crippen LogP contribution in [0.1, 0.15) is 38.5 Å². The molecule has 3 nitrogen and oxygen atoms in total. The van der Waals surface area contributed by atoms with Gasteiger partial charge in [-0.25, -0.2) is 0 Å². The van der Waals surface area contributed by atoms with E-state index in [1.807, 2.05) is 0 Å². The highest BCUT2D eigenvalue weighted by atomic mass is 16.2. The van der Waals surface area contributed by atoms with Crippen molar-refractivity contribution >= 4 is 5.91 Å². The summed E-state index contributed by atoms with van der Waals surface area (Å²) in [7, 11) is 0. The summed E-state index contributed by atoms with van der Waals surface area (Å²) in [5.74, 6) is 3.14. The van der Waals surface area contributed by atoms with Crippen molar-refractivity contribution in [1.82, 2.24) is 10.2 Å². The lowest BCUT2D eigenvalue weighted by Crippen LogP contribution is -2.60. The van der Waals surface area contributed by atoms with Crippen molar-refractivity contribution in [2.24, 2.45) is 17.8 Å². The molecular weight excluding hydrogens is 200 g/mol. The van der Waals surface area contributed by atoms with Crippen LogP contribution in [-0.4, -0.2) is 29.6 Å². The Morgan fingerprint density at radius 1 is 1.06 bits per heavy atom. The van der Waals surface area contributed by atoms with E-state index >= 15 is 0 Å². The molecule has 16 heavy (non-hydrogen) atoms. The Kier molecular flexibility index (Phi) is 1.78. The van der Waals surface area contributed by atoms with E-state index in [0.717, 1.165) is 24.4 Å². The Hall–Kier alpha value is -0.570. The van der Waals surface area contributed by atoms with E-state index in [1.54, 1.807) is 0 Å². The molecule has 4 aliphatic carbocycles. The molecule has 5 rings (SSSR count). The first kappa shape index (κ1) is 9.46. The van der Waals surface area contributed by atoms with Crippen molar-refractivity contribution in [1.29, 1.82) is 0 Å². The maximum absolute atomic E-state index is 12.0. The van der Waals surface area contributed by atoms with Crippen LogP contribution in [0.3, 0.4) is 0 Å². The summed E-state index contributed by atoms with van der Waals surface area (Å²) in [6.45, 7) is 1.38. The zero-order valence-corrected chi connectivity index (χ0v) is 9.74. The van der Waals surface area contributed by atoms with Crippen molar-refractivity contribution in [3.8, 4) is 0 Å². The number of nitrogens with one attached hydrogen (secondary N) is 1. The van der Waals surface area contributed by atoms with E-state index in [1.165, 1.54) is 38.5 Å². The van der Waals surface area contributed by atoms with Gasteiger partial charge in [0.05, 0.1) is 13.2 Å². The van der Waals surface area contributed by atoms with Crippen molar-refractivity contribution < 1.29 is 4.79 Å². The van der Waals surface area contributed by atoms with Gasteiger partial charge in [-0.3, -0.25) is 10.1 Å². The van der Waals surface area contributed by atoms with Gasteiger partial charge in [0, 0.05) is 5.54 Å². The number of amides is 1. The van der Waals surface area contributed by atoms with Crippen molar-refractivity contribution in [2.45, 2.75) is 44.1 Å². The normalized spacial score (nSPS) is 50.4. The Labute approximate surface area is 96.6 Å². The first-order chi connectivity index (χ1) is 7.75. The maximum Gasteiger partial charge on any atom is 0.238 e. The third-order valence-electron chi connectivity index (χ3n) is 5.43. The lowest BCUT2D eigenvalue weighted by Gasteiger charge is -2.59. The fourth-order valence-corrected chi connectivity index (χ4v) is 5.29. The topological polar surface area (TPSA) is 32.3 Å². The monoisotopic (exact) mass is 220 g/mol. The predicted octanol–water partition coefficient (Wildman–Crippen LogP) is 1.34. The number of hydrogen-bond donors (Lipinski definition) is 1. The van der Waals surface area contributed by atoms with E-state index in [4.69, 9.17) is 0 Å².